The Balaban J connectivity index is 1.75. The van der Waals surface area contributed by atoms with E-state index in [0.29, 0.717) is 11.3 Å². The SMILES string of the molecule is C[C@H](c1ccccc1)N(C)C(=O)c1ccc(S(=O)(=O)Nc2ccncc2)cc1. The summed E-state index contributed by atoms with van der Waals surface area (Å²) in [4.78, 5) is 18.3. The van der Waals surface area contributed by atoms with E-state index < -0.39 is 10.0 Å². The fourth-order valence-corrected chi connectivity index (χ4v) is 3.80. The van der Waals surface area contributed by atoms with Gasteiger partial charge in [-0.05, 0) is 48.9 Å². The third-order valence-electron chi connectivity index (χ3n) is 4.53. The van der Waals surface area contributed by atoms with E-state index >= 15 is 0 Å². The highest BCUT2D eigenvalue weighted by molar-refractivity contribution is 7.92. The topological polar surface area (TPSA) is 79.4 Å². The second kappa shape index (κ2) is 8.22. The lowest BCUT2D eigenvalue weighted by Crippen LogP contribution is -2.29. The first-order valence-electron chi connectivity index (χ1n) is 8.73. The van der Waals surface area contributed by atoms with E-state index in [1.54, 1.807) is 24.1 Å². The summed E-state index contributed by atoms with van der Waals surface area (Å²) in [5, 5.41) is 0. The minimum Gasteiger partial charge on any atom is -0.335 e. The highest BCUT2D eigenvalue weighted by Crippen LogP contribution is 2.21. The van der Waals surface area contributed by atoms with Crippen LogP contribution in [0.4, 0.5) is 5.69 Å². The molecule has 2 aromatic carbocycles. The molecule has 1 aromatic heterocycles. The summed E-state index contributed by atoms with van der Waals surface area (Å²) in [5.41, 5.74) is 1.87. The molecule has 0 fully saturated rings. The van der Waals surface area contributed by atoms with Crippen molar-refractivity contribution < 1.29 is 13.2 Å². The molecule has 0 aliphatic heterocycles. The van der Waals surface area contributed by atoms with Gasteiger partial charge in [0.1, 0.15) is 0 Å². The number of sulfonamides is 1. The average molecular weight is 395 g/mol. The van der Waals surface area contributed by atoms with Gasteiger partial charge in [0, 0.05) is 25.0 Å². The lowest BCUT2D eigenvalue weighted by atomic mass is 10.1. The van der Waals surface area contributed by atoms with E-state index in [1.165, 1.54) is 36.7 Å². The predicted octanol–water partition coefficient (Wildman–Crippen LogP) is 3.72. The van der Waals surface area contributed by atoms with Crippen LogP contribution in [0.2, 0.25) is 0 Å². The number of rotatable bonds is 6. The van der Waals surface area contributed by atoms with E-state index in [2.05, 4.69) is 9.71 Å². The summed E-state index contributed by atoms with van der Waals surface area (Å²) in [6.45, 7) is 1.95. The summed E-state index contributed by atoms with van der Waals surface area (Å²) >= 11 is 0. The van der Waals surface area contributed by atoms with Crippen molar-refractivity contribution >= 4 is 21.6 Å². The Morgan fingerprint density at radius 3 is 2.18 bits per heavy atom. The molecule has 1 atom stereocenters. The van der Waals surface area contributed by atoms with Gasteiger partial charge in [-0.3, -0.25) is 14.5 Å². The van der Waals surface area contributed by atoms with Gasteiger partial charge >= 0.3 is 0 Å². The Bertz CT molecular complexity index is 1040. The maximum Gasteiger partial charge on any atom is 0.261 e. The van der Waals surface area contributed by atoms with Gasteiger partial charge in [-0.15, -0.1) is 0 Å². The van der Waals surface area contributed by atoms with Crippen LogP contribution in [0.25, 0.3) is 0 Å². The van der Waals surface area contributed by atoms with Crippen LogP contribution >= 0.6 is 0 Å². The van der Waals surface area contributed by atoms with Crippen molar-refractivity contribution in [3.63, 3.8) is 0 Å². The number of nitrogens with one attached hydrogen (secondary N) is 1. The summed E-state index contributed by atoms with van der Waals surface area (Å²) in [5.74, 6) is -0.178. The van der Waals surface area contributed by atoms with Crippen LogP contribution in [0.5, 0.6) is 0 Å². The Morgan fingerprint density at radius 2 is 1.57 bits per heavy atom. The number of hydrogen-bond acceptors (Lipinski definition) is 4. The molecule has 0 bridgehead atoms. The van der Waals surface area contributed by atoms with Crippen LogP contribution in [-0.2, 0) is 10.0 Å². The minimum atomic E-state index is -3.74. The molecule has 0 radical (unpaired) electrons. The van der Waals surface area contributed by atoms with Crippen molar-refractivity contribution in [1.82, 2.24) is 9.88 Å². The molecule has 0 unspecified atom stereocenters. The molecule has 0 aliphatic rings. The van der Waals surface area contributed by atoms with E-state index in [0.717, 1.165) is 5.56 Å². The zero-order valence-electron chi connectivity index (χ0n) is 15.6. The van der Waals surface area contributed by atoms with Crippen LogP contribution in [0, 0.1) is 0 Å². The van der Waals surface area contributed by atoms with Gasteiger partial charge in [-0.2, -0.15) is 0 Å². The standard InChI is InChI=1S/C21H21N3O3S/c1-16(17-6-4-3-5-7-17)24(2)21(25)18-8-10-20(11-9-18)28(26,27)23-19-12-14-22-15-13-19/h3-16H,1-2H3,(H,22,23)/t16-/m1/s1. The van der Waals surface area contributed by atoms with E-state index in [4.69, 9.17) is 0 Å². The number of anilines is 1. The summed E-state index contributed by atoms with van der Waals surface area (Å²) in [6, 6.07) is 18.7. The molecular formula is C21H21N3O3S. The van der Waals surface area contributed by atoms with Gasteiger partial charge < -0.3 is 4.90 Å². The Labute approximate surface area is 164 Å². The van der Waals surface area contributed by atoms with Gasteiger partial charge in [0.25, 0.3) is 15.9 Å². The predicted molar refractivity (Wildman–Crippen MR) is 108 cm³/mol. The number of carbonyl (C=O) groups is 1. The molecule has 0 saturated heterocycles. The van der Waals surface area contributed by atoms with Gasteiger partial charge in [-0.1, -0.05) is 30.3 Å². The maximum atomic E-state index is 12.8. The van der Waals surface area contributed by atoms with Crippen LogP contribution < -0.4 is 4.72 Å². The number of benzene rings is 2. The van der Waals surface area contributed by atoms with E-state index in [9.17, 15) is 13.2 Å². The highest BCUT2D eigenvalue weighted by atomic mass is 32.2. The van der Waals surface area contributed by atoms with E-state index in [1.807, 2.05) is 37.3 Å². The zero-order valence-corrected chi connectivity index (χ0v) is 16.4. The molecule has 144 valence electrons. The van der Waals surface area contributed by atoms with Gasteiger partial charge in [0.15, 0.2) is 0 Å². The number of aromatic nitrogens is 1. The van der Waals surface area contributed by atoms with Crippen molar-refractivity contribution in [2.24, 2.45) is 0 Å². The number of carbonyl (C=O) groups excluding carboxylic acids is 1. The average Bonchev–Trinajstić information content (AvgIpc) is 2.73. The molecule has 0 spiro atoms. The number of pyridine rings is 1. The van der Waals surface area contributed by atoms with Crippen molar-refractivity contribution in [1.29, 1.82) is 0 Å². The van der Waals surface area contributed by atoms with Crippen molar-refractivity contribution in [3.8, 4) is 0 Å². The smallest absolute Gasteiger partial charge is 0.261 e. The van der Waals surface area contributed by atoms with Crippen LogP contribution in [0.15, 0.2) is 84.0 Å². The van der Waals surface area contributed by atoms with Crippen molar-refractivity contribution in [2.45, 2.75) is 17.9 Å². The maximum absolute atomic E-state index is 12.8. The van der Waals surface area contributed by atoms with Gasteiger partial charge in [0.05, 0.1) is 16.6 Å². The van der Waals surface area contributed by atoms with Crippen LogP contribution in [0.1, 0.15) is 28.9 Å². The van der Waals surface area contributed by atoms with Crippen molar-refractivity contribution in [3.05, 3.63) is 90.3 Å². The molecule has 0 saturated carbocycles. The monoisotopic (exact) mass is 395 g/mol. The molecule has 3 rings (SSSR count). The zero-order chi connectivity index (χ0) is 20.1. The molecule has 3 aromatic rings. The number of amides is 1. The van der Waals surface area contributed by atoms with Crippen LogP contribution in [0.3, 0.4) is 0 Å². The van der Waals surface area contributed by atoms with E-state index in [-0.39, 0.29) is 16.8 Å². The Hall–Kier alpha value is -3.19. The molecular weight excluding hydrogens is 374 g/mol. The summed E-state index contributed by atoms with van der Waals surface area (Å²) < 4.78 is 27.4. The molecule has 1 heterocycles. The Kier molecular flexibility index (Phi) is 5.75. The minimum absolute atomic E-state index is 0.0830. The second-order valence-electron chi connectivity index (χ2n) is 6.37. The number of nitrogens with zero attached hydrogens (tertiary/aromatic N) is 2. The first-order valence-corrected chi connectivity index (χ1v) is 10.2. The fourth-order valence-electron chi connectivity index (χ4n) is 2.75. The quantitative estimate of drug-likeness (QED) is 0.690. The largest absolute Gasteiger partial charge is 0.335 e. The third kappa shape index (κ3) is 4.37. The normalized spacial score (nSPS) is 12.2. The first kappa shape index (κ1) is 19.6. The fraction of sp³-hybridized carbons (Fsp3) is 0.143. The molecule has 7 heteroatoms. The molecule has 1 amide bonds. The third-order valence-corrected chi connectivity index (χ3v) is 5.92. The Morgan fingerprint density at radius 1 is 0.964 bits per heavy atom. The molecule has 28 heavy (non-hydrogen) atoms. The van der Waals surface area contributed by atoms with Gasteiger partial charge in [0.2, 0.25) is 0 Å². The molecule has 1 N–H and O–H groups in total. The first-order chi connectivity index (χ1) is 13.4. The molecule has 0 aliphatic carbocycles. The van der Waals surface area contributed by atoms with Gasteiger partial charge in [-0.25, -0.2) is 8.42 Å². The summed E-state index contributed by atoms with van der Waals surface area (Å²) in [7, 11) is -2.01. The molecule has 6 nitrogen and oxygen atoms in total. The highest BCUT2D eigenvalue weighted by Gasteiger charge is 2.20. The lowest BCUT2D eigenvalue weighted by Gasteiger charge is -2.25. The van der Waals surface area contributed by atoms with Crippen molar-refractivity contribution in [2.75, 3.05) is 11.8 Å². The van der Waals surface area contributed by atoms with Crippen LogP contribution in [-0.4, -0.2) is 31.3 Å². The lowest BCUT2D eigenvalue weighted by molar-refractivity contribution is 0.0742. The number of hydrogen-bond donors (Lipinski definition) is 1. The summed E-state index contributed by atoms with van der Waals surface area (Å²) in [6.07, 6.45) is 3.01. The second-order valence-corrected chi connectivity index (χ2v) is 8.05.